The molecule has 6 aromatic rings. The highest BCUT2D eigenvalue weighted by molar-refractivity contribution is 7.82. The van der Waals surface area contributed by atoms with Crippen molar-refractivity contribution in [3.8, 4) is 5.69 Å². The summed E-state index contributed by atoms with van der Waals surface area (Å²) in [7, 11) is -1.23. The lowest BCUT2D eigenvalue weighted by Crippen LogP contribution is -2.34. The summed E-state index contributed by atoms with van der Waals surface area (Å²) in [6, 6.07) is 25.9. The molecule has 0 aliphatic carbocycles. The number of aryl methyl sites for hydroxylation is 1. The Morgan fingerprint density at radius 3 is 2.51 bits per heavy atom. The van der Waals surface area contributed by atoms with E-state index in [-0.39, 0.29) is 17.3 Å². The quantitative estimate of drug-likeness (QED) is 0.299. The Balaban J connectivity index is 0.00000329. The summed E-state index contributed by atoms with van der Waals surface area (Å²) in [6.45, 7) is 3.42. The molecule has 43 heavy (non-hydrogen) atoms. The molecule has 3 N–H and O–H groups in total. The lowest BCUT2D eigenvalue weighted by molar-refractivity contribution is 0.102. The third-order valence-electron chi connectivity index (χ3n) is 7.80. The summed E-state index contributed by atoms with van der Waals surface area (Å²) in [5.74, 6) is 0.455. The number of rotatable bonds is 6. The van der Waals surface area contributed by atoms with E-state index in [2.05, 4.69) is 27.5 Å². The molecule has 0 saturated carbocycles. The number of hydrogen-bond acceptors (Lipinski definition) is 5. The molecule has 3 aromatic carbocycles. The molecule has 0 radical (unpaired) electrons. The van der Waals surface area contributed by atoms with Crippen molar-refractivity contribution in [1.29, 1.82) is 0 Å². The van der Waals surface area contributed by atoms with Gasteiger partial charge >= 0.3 is 0 Å². The number of carbonyl (C=O) groups excluding carboxylic acids is 1. The van der Waals surface area contributed by atoms with Crippen LogP contribution in [0.5, 0.6) is 0 Å². The molecular formula is C32H31N7O3S. The van der Waals surface area contributed by atoms with Crippen LogP contribution < -0.4 is 5.32 Å². The van der Waals surface area contributed by atoms with Gasteiger partial charge < -0.3 is 10.8 Å². The fraction of sp³-hybridized carbons (Fsp3) is 0.188. The summed E-state index contributed by atoms with van der Waals surface area (Å²) in [6.07, 6.45) is 6.55. The highest BCUT2D eigenvalue weighted by atomic mass is 32.2. The first-order chi connectivity index (χ1) is 20.5. The van der Waals surface area contributed by atoms with Crippen LogP contribution in [-0.2, 0) is 11.0 Å². The van der Waals surface area contributed by atoms with Crippen LogP contribution in [0.3, 0.4) is 0 Å². The van der Waals surface area contributed by atoms with Crippen LogP contribution in [0.4, 0.5) is 5.82 Å². The number of benzene rings is 3. The summed E-state index contributed by atoms with van der Waals surface area (Å²) >= 11 is 0. The standard InChI is InChI=1S/C32H29N7O2S.H2O/c1-22-7-10-26(11-8-22)39-30(35-32(40)28-21-34-38-16-4-15-33-31(28)38)20-29(36-39)24-13-17-37(18-14-24)42(41)27-12-9-23-5-2-3-6-25(23)19-27;/h2-12,15-16,19-21,24H,13-14,17-18H2,1H3,(H,35,40);1H2. The van der Waals surface area contributed by atoms with Gasteiger partial charge in [0, 0.05) is 37.5 Å². The van der Waals surface area contributed by atoms with Crippen LogP contribution in [0.2, 0.25) is 0 Å². The minimum atomic E-state index is -1.23. The second kappa shape index (κ2) is 11.9. The highest BCUT2D eigenvalue weighted by Gasteiger charge is 2.28. The number of nitrogens with one attached hydrogen (secondary N) is 1. The van der Waals surface area contributed by atoms with Gasteiger partial charge in [-0.15, -0.1) is 0 Å². The Labute approximate surface area is 250 Å². The van der Waals surface area contributed by atoms with E-state index >= 15 is 0 Å². The molecule has 3 aromatic heterocycles. The minimum Gasteiger partial charge on any atom is -0.412 e. The van der Waals surface area contributed by atoms with Crippen molar-refractivity contribution in [3.63, 3.8) is 0 Å². The van der Waals surface area contributed by atoms with Gasteiger partial charge in [-0.3, -0.25) is 4.79 Å². The highest BCUT2D eigenvalue weighted by Crippen LogP contribution is 2.32. The number of piperidine rings is 1. The van der Waals surface area contributed by atoms with E-state index in [0.29, 0.717) is 30.1 Å². The molecule has 10 nitrogen and oxygen atoms in total. The van der Waals surface area contributed by atoms with Crippen molar-refractivity contribution < 1.29 is 14.5 Å². The second-order valence-corrected chi connectivity index (χ2v) is 12.0. The van der Waals surface area contributed by atoms with Gasteiger partial charge in [-0.1, -0.05) is 48.0 Å². The van der Waals surface area contributed by atoms with Crippen molar-refractivity contribution >= 4 is 39.1 Å². The molecule has 1 aliphatic heterocycles. The zero-order valence-electron chi connectivity index (χ0n) is 23.6. The van der Waals surface area contributed by atoms with Crippen molar-refractivity contribution in [2.24, 2.45) is 0 Å². The van der Waals surface area contributed by atoms with Crippen LogP contribution in [0, 0.1) is 6.92 Å². The van der Waals surface area contributed by atoms with Crippen LogP contribution in [-0.4, -0.2) is 57.4 Å². The average molecular weight is 594 g/mol. The predicted molar refractivity (Wildman–Crippen MR) is 167 cm³/mol. The third kappa shape index (κ3) is 5.57. The maximum atomic E-state index is 13.4. The van der Waals surface area contributed by atoms with E-state index in [0.717, 1.165) is 45.5 Å². The van der Waals surface area contributed by atoms with E-state index < -0.39 is 11.0 Å². The van der Waals surface area contributed by atoms with Crippen LogP contribution in [0.15, 0.2) is 102 Å². The molecule has 0 spiro atoms. The zero-order chi connectivity index (χ0) is 28.6. The molecular weight excluding hydrogens is 562 g/mol. The lowest BCUT2D eigenvalue weighted by Gasteiger charge is -2.30. The molecule has 1 amide bonds. The molecule has 4 heterocycles. The number of aromatic nitrogens is 5. The largest absolute Gasteiger partial charge is 0.412 e. The van der Waals surface area contributed by atoms with Crippen LogP contribution >= 0.6 is 0 Å². The summed E-state index contributed by atoms with van der Waals surface area (Å²) in [5, 5.41) is 14.5. The van der Waals surface area contributed by atoms with Crippen molar-refractivity contribution in [3.05, 3.63) is 114 Å². The lowest BCUT2D eigenvalue weighted by atomic mass is 9.95. The number of carbonyl (C=O) groups is 1. The normalized spacial score (nSPS) is 14.9. The van der Waals surface area contributed by atoms with E-state index in [1.54, 1.807) is 27.7 Å². The minimum absolute atomic E-state index is 0. The van der Waals surface area contributed by atoms with Gasteiger partial charge in [0.15, 0.2) is 5.65 Å². The summed E-state index contributed by atoms with van der Waals surface area (Å²) in [4.78, 5) is 18.5. The van der Waals surface area contributed by atoms with Crippen molar-refractivity contribution in [2.75, 3.05) is 18.4 Å². The Hall–Kier alpha value is -4.71. The maximum Gasteiger partial charge on any atom is 0.262 e. The van der Waals surface area contributed by atoms with Gasteiger partial charge in [0.2, 0.25) is 0 Å². The van der Waals surface area contributed by atoms with Gasteiger partial charge in [0.25, 0.3) is 5.91 Å². The fourth-order valence-electron chi connectivity index (χ4n) is 5.48. The molecule has 1 unspecified atom stereocenters. The number of amides is 1. The smallest absolute Gasteiger partial charge is 0.262 e. The van der Waals surface area contributed by atoms with E-state index in [1.807, 2.05) is 71.9 Å². The first-order valence-electron chi connectivity index (χ1n) is 14.0. The van der Waals surface area contributed by atoms with Gasteiger partial charge in [0.05, 0.1) is 22.5 Å². The molecule has 1 fully saturated rings. The topological polar surface area (TPSA) is 129 Å². The Morgan fingerprint density at radius 1 is 0.953 bits per heavy atom. The molecule has 0 bridgehead atoms. The molecule has 1 aliphatic rings. The first-order valence-corrected chi connectivity index (χ1v) is 15.1. The summed E-state index contributed by atoms with van der Waals surface area (Å²) < 4.78 is 18.8. The monoisotopic (exact) mass is 593 g/mol. The number of anilines is 1. The Bertz CT molecular complexity index is 1940. The first kappa shape index (κ1) is 28.4. The van der Waals surface area contributed by atoms with Crippen molar-refractivity contribution in [1.82, 2.24) is 28.7 Å². The molecule has 1 saturated heterocycles. The van der Waals surface area contributed by atoms with E-state index in [9.17, 15) is 9.00 Å². The third-order valence-corrected chi connectivity index (χ3v) is 9.29. The predicted octanol–water partition coefficient (Wildman–Crippen LogP) is 4.71. The van der Waals surface area contributed by atoms with Crippen LogP contribution in [0.25, 0.3) is 22.1 Å². The van der Waals surface area contributed by atoms with Gasteiger partial charge in [0.1, 0.15) is 22.4 Å². The number of fused-ring (bicyclic) bond motifs is 2. The van der Waals surface area contributed by atoms with E-state index in [4.69, 9.17) is 5.10 Å². The van der Waals surface area contributed by atoms with Crippen molar-refractivity contribution in [2.45, 2.75) is 30.6 Å². The Kier molecular flexibility index (Phi) is 7.85. The average Bonchev–Trinajstić information content (AvgIpc) is 3.66. The summed E-state index contributed by atoms with van der Waals surface area (Å²) in [5.41, 5.74) is 3.78. The second-order valence-electron chi connectivity index (χ2n) is 10.6. The zero-order valence-corrected chi connectivity index (χ0v) is 24.4. The SMILES string of the molecule is Cc1ccc(-n2nc(C3CCN(S(=O)c4ccc5ccccc5c4)CC3)cc2NC(=O)c2cnn3cccnc23)cc1.O. The van der Waals surface area contributed by atoms with E-state index in [1.165, 1.54) is 6.20 Å². The molecule has 218 valence electrons. The van der Waals surface area contributed by atoms with Gasteiger partial charge in [-0.25, -0.2) is 22.7 Å². The van der Waals surface area contributed by atoms with Crippen LogP contribution in [0.1, 0.15) is 40.4 Å². The number of hydrogen-bond donors (Lipinski definition) is 1. The Morgan fingerprint density at radius 2 is 1.72 bits per heavy atom. The fourth-order valence-corrected chi connectivity index (χ4v) is 6.74. The van der Waals surface area contributed by atoms with Gasteiger partial charge in [-0.05, 0) is 60.9 Å². The molecule has 7 rings (SSSR count). The maximum absolute atomic E-state index is 13.4. The number of nitrogens with zero attached hydrogens (tertiary/aromatic N) is 6. The van der Waals surface area contributed by atoms with Gasteiger partial charge in [-0.2, -0.15) is 10.2 Å². The molecule has 11 heteroatoms. The molecule has 1 atom stereocenters.